The van der Waals surface area contributed by atoms with Crippen molar-refractivity contribution >= 4 is 21.5 Å². The van der Waals surface area contributed by atoms with Crippen LogP contribution in [0.3, 0.4) is 0 Å². The fourth-order valence-corrected chi connectivity index (χ4v) is 4.75. The van der Waals surface area contributed by atoms with Crippen molar-refractivity contribution in [1.82, 2.24) is 0 Å². The second-order valence-corrected chi connectivity index (χ2v) is 7.79. The van der Waals surface area contributed by atoms with Crippen LogP contribution in [0.1, 0.15) is 33.5 Å². The highest BCUT2D eigenvalue weighted by atomic mass is 32.2. The summed E-state index contributed by atoms with van der Waals surface area (Å²) in [6.45, 7) is 3.96. The maximum Gasteiger partial charge on any atom is 0.239 e. The van der Waals surface area contributed by atoms with Crippen LogP contribution >= 0.6 is 0 Å². The van der Waals surface area contributed by atoms with Crippen LogP contribution < -0.4 is 4.31 Å². The Hall–Kier alpha value is -2.14. The predicted octanol–water partition coefficient (Wildman–Crippen LogP) is 3.23. The summed E-state index contributed by atoms with van der Waals surface area (Å²) in [5.41, 5.74) is 3.60. The van der Waals surface area contributed by atoms with E-state index in [1.54, 1.807) is 12.1 Å². The van der Waals surface area contributed by atoms with E-state index in [2.05, 4.69) is 0 Å². The molecule has 0 aliphatic carbocycles. The van der Waals surface area contributed by atoms with Gasteiger partial charge in [0.2, 0.25) is 10.0 Å². The molecule has 1 heterocycles. The van der Waals surface area contributed by atoms with Crippen LogP contribution in [0.2, 0.25) is 0 Å². The van der Waals surface area contributed by atoms with Crippen molar-refractivity contribution < 1.29 is 13.2 Å². The molecular formula is C18H19NO3S. The highest BCUT2D eigenvalue weighted by Crippen LogP contribution is 2.33. The zero-order valence-electron chi connectivity index (χ0n) is 13.2. The first kappa shape index (κ1) is 15.7. The van der Waals surface area contributed by atoms with Crippen molar-refractivity contribution in [3.63, 3.8) is 0 Å². The quantitative estimate of drug-likeness (QED) is 0.869. The van der Waals surface area contributed by atoms with Crippen molar-refractivity contribution in [2.24, 2.45) is 0 Å². The summed E-state index contributed by atoms with van der Waals surface area (Å²) in [7, 11) is -3.54. The molecule has 23 heavy (non-hydrogen) atoms. The third-order valence-electron chi connectivity index (χ3n) is 4.26. The Kier molecular flexibility index (Phi) is 3.98. The lowest BCUT2D eigenvalue weighted by Gasteiger charge is -2.31. The molecule has 0 aromatic heterocycles. The molecule has 0 saturated carbocycles. The van der Waals surface area contributed by atoms with Gasteiger partial charge in [-0.05, 0) is 36.6 Å². The Morgan fingerprint density at radius 2 is 1.70 bits per heavy atom. The average molecular weight is 329 g/mol. The minimum Gasteiger partial charge on any atom is -0.294 e. The van der Waals surface area contributed by atoms with Crippen LogP contribution in [0.15, 0.2) is 42.5 Å². The fraction of sp³-hybridized carbons (Fsp3) is 0.278. The molecule has 1 aliphatic heterocycles. The number of carbonyl (C=O) groups is 1. The number of hydrogen-bond acceptors (Lipinski definition) is 3. The van der Waals surface area contributed by atoms with E-state index in [-0.39, 0.29) is 24.5 Å². The number of anilines is 1. The molecule has 0 radical (unpaired) electrons. The molecule has 0 N–H and O–H groups in total. The van der Waals surface area contributed by atoms with Gasteiger partial charge in [-0.3, -0.25) is 9.10 Å². The lowest BCUT2D eigenvalue weighted by atomic mass is 9.99. The normalized spacial score (nSPS) is 14.7. The van der Waals surface area contributed by atoms with Gasteiger partial charge in [-0.2, -0.15) is 0 Å². The van der Waals surface area contributed by atoms with E-state index in [1.807, 2.05) is 44.2 Å². The smallest absolute Gasteiger partial charge is 0.239 e. The third-order valence-corrected chi connectivity index (χ3v) is 5.98. The molecule has 2 aromatic rings. The Morgan fingerprint density at radius 3 is 2.43 bits per heavy atom. The molecule has 2 aromatic carbocycles. The monoisotopic (exact) mass is 329 g/mol. The molecule has 5 heteroatoms. The maximum absolute atomic E-state index is 12.9. The number of aryl methyl sites for hydroxylation is 2. The Bertz CT molecular complexity index is 872. The minimum atomic E-state index is -3.54. The van der Waals surface area contributed by atoms with Crippen molar-refractivity contribution in [2.75, 3.05) is 10.8 Å². The highest BCUT2D eigenvalue weighted by Gasteiger charge is 2.32. The number of ketones is 1. The Morgan fingerprint density at radius 1 is 1.00 bits per heavy atom. The molecule has 0 amide bonds. The van der Waals surface area contributed by atoms with Crippen molar-refractivity contribution in [3.8, 4) is 0 Å². The summed E-state index contributed by atoms with van der Waals surface area (Å²) < 4.78 is 27.3. The first-order chi connectivity index (χ1) is 10.9. The number of carbonyl (C=O) groups excluding carboxylic acids is 1. The highest BCUT2D eigenvalue weighted by molar-refractivity contribution is 7.92. The zero-order chi connectivity index (χ0) is 16.6. The van der Waals surface area contributed by atoms with Crippen molar-refractivity contribution in [3.05, 3.63) is 64.7 Å². The third kappa shape index (κ3) is 2.88. The van der Waals surface area contributed by atoms with Crippen LogP contribution in [-0.2, 0) is 15.8 Å². The minimum absolute atomic E-state index is 0.00559. The lowest BCUT2D eigenvalue weighted by molar-refractivity contribution is 0.0982. The van der Waals surface area contributed by atoms with Gasteiger partial charge in [0, 0.05) is 18.5 Å². The molecule has 1 aliphatic rings. The number of nitrogens with zero attached hydrogens (tertiary/aromatic N) is 1. The van der Waals surface area contributed by atoms with Crippen LogP contribution in [-0.4, -0.2) is 20.7 Å². The topological polar surface area (TPSA) is 54.5 Å². The van der Waals surface area contributed by atoms with Crippen LogP contribution in [0.4, 0.5) is 5.69 Å². The van der Waals surface area contributed by atoms with E-state index in [4.69, 9.17) is 0 Å². The molecule has 0 fully saturated rings. The van der Waals surface area contributed by atoms with E-state index in [1.165, 1.54) is 4.31 Å². The molecule has 0 saturated heterocycles. The number of sulfonamides is 1. The molecule has 0 atom stereocenters. The summed E-state index contributed by atoms with van der Waals surface area (Å²) in [5, 5.41) is 0. The van der Waals surface area contributed by atoms with E-state index >= 15 is 0 Å². The van der Waals surface area contributed by atoms with Gasteiger partial charge in [0.1, 0.15) is 0 Å². The second kappa shape index (κ2) is 5.81. The molecule has 3 rings (SSSR count). The molecular weight excluding hydrogens is 310 g/mol. The number of para-hydroxylation sites is 1. The fourth-order valence-electron chi connectivity index (χ4n) is 2.99. The van der Waals surface area contributed by atoms with Crippen LogP contribution in [0.5, 0.6) is 0 Å². The average Bonchev–Trinajstić information content (AvgIpc) is 2.50. The molecule has 4 nitrogen and oxygen atoms in total. The van der Waals surface area contributed by atoms with Gasteiger partial charge in [-0.25, -0.2) is 8.42 Å². The van der Waals surface area contributed by atoms with E-state index in [0.717, 1.165) is 16.7 Å². The van der Waals surface area contributed by atoms with Gasteiger partial charge in [-0.15, -0.1) is 0 Å². The number of rotatable bonds is 3. The number of benzene rings is 2. The zero-order valence-corrected chi connectivity index (χ0v) is 14.1. The van der Waals surface area contributed by atoms with Crippen LogP contribution in [0, 0.1) is 13.8 Å². The van der Waals surface area contributed by atoms with Gasteiger partial charge < -0.3 is 0 Å². The Labute approximate surface area is 136 Å². The van der Waals surface area contributed by atoms with Crippen molar-refractivity contribution in [1.29, 1.82) is 0 Å². The predicted molar refractivity (Wildman–Crippen MR) is 91.3 cm³/mol. The van der Waals surface area contributed by atoms with Gasteiger partial charge in [0.25, 0.3) is 0 Å². The van der Waals surface area contributed by atoms with E-state index < -0.39 is 10.0 Å². The summed E-state index contributed by atoms with van der Waals surface area (Å²) >= 11 is 0. The van der Waals surface area contributed by atoms with Gasteiger partial charge in [0.05, 0.1) is 11.4 Å². The molecule has 0 bridgehead atoms. The number of Topliss-reactive ketones (excluding diaryl/α,β-unsaturated/α-hetero) is 1. The summed E-state index contributed by atoms with van der Waals surface area (Å²) in [6.07, 6.45) is 0.226. The van der Waals surface area contributed by atoms with Gasteiger partial charge in [0.15, 0.2) is 5.78 Å². The van der Waals surface area contributed by atoms with E-state index in [0.29, 0.717) is 11.3 Å². The Balaban J connectivity index is 2.04. The largest absolute Gasteiger partial charge is 0.294 e. The first-order valence-electron chi connectivity index (χ1n) is 7.58. The molecule has 0 spiro atoms. The summed E-state index contributed by atoms with van der Waals surface area (Å²) in [6, 6.07) is 12.8. The van der Waals surface area contributed by atoms with Crippen LogP contribution in [0.25, 0.3) is 0 Å². The maximum atomic E-state index is 12.9. The number of hydrogen-bond donors (Lipinski definition) is 0. The lowest BCUT2D eigenvalue weighted by Crippen LogP contribution is -2.38. The molecule has 120 valence electrons. The first-order valence-corrected chi connectivity index (χ1v) is 9.19. The standard InChI is InChI=1S/C18H19NO3S/c1-13-6-3-4-8-15(13)12-23(21,22)19-11-10-17(20)16-9-5-7-14(2)18(16)19/h3-9H,10-12H2,1-2H3. The summed E-state index contributed by atoms with van der Waals surface area (Å²) in [4.78, 5) is 12.1. The number of fused-ring (bicyclic) bond motifs is 1. The van der Waals surface area contributed by atoms with E-state index in [9.17, 15) is 13.2 Å². The van der Waals surface area contributed by atoms with Gasteiger partial charge >= 0.3 is 0 Å². The van der Waals surface area contributed by atoms with Crippen molar-refractivity contribution in [2.45, 2.75) is 26.0 Å². The van der Waals surface area contributed by atoms with Gasteiger partial charge in [-0.1, -0.05) is 36.4 Å². The molecule has 0 unspecified atom stereocenters. The second-order valence-electron chi connectivity index (χ2n) is 5.90. The summed E-state index contributed by atoms with van der Waals surface area (Å²) in [5.74, 6) is -0.0483. The SMILES string of the molecule is Cc1ccccc1CS(=O)(=O)N1CCC(=O)c2cccc(C)c21.